The third-order valence-corrected chi connectivity index (χ3v) is 5.93. The molecule has 2 rings (SSSR count). The van der Waals surface area contributed by atoms with Crippen molar-refractivity contribution in [3.8, 4) is 0 Å². The van der Waals surface area contributed by atoms with Gasteiger partial charge in [-0.2, -0.15) is 0 Å². The summed E-state index contributed by atoms with van der Waals surface area (Å²) in [5.74, 6) is 0.873. The highest BCUT2D eigenvalue weighted by Gasteiger charge is 2.36. The Balaban J connectivity index is 1.74. The molecule has 2 fully saturated rings. The van der Waals surface area contributed by atoms with E-state index >= 15 is 0 Å². The first-order valence-electron chi connectivity index (χ1n) is 7.56. The van der Waals surface area contributed by atoms with E-state index in [1.54, 1.807) is 0 Å². The highest BCUT2D eigenvalue weighted by atomic mass is 79.9. The maximum Gasteiger partial charge on any atom is 0.00718 e. The van der Waals surface area contributed by atoms with Gasteiger partial charge in [0.25, 0.3) is 0 Å². The highest BCUT2D eigenvalue weighted by Crippen LogP contribution is 2.46. The van der Waals surface area contributed by atoms with E-state index in [-0.39, 0.29) is 0 Å². The standard InChI is InChI=1S/C15H28BrN/c1-2-5-14(12-16)13-17-10-8-15(9-11-17)6-3-4-7-15/h14H,2-13H2,1H3. The molecule has 0 amide bonds. The molecule has 1 unspecified atom stereocenters. The second-order valence-electron chi connectivity index (χ2n) is 6.32. The van der Waals surface area contributed by atoms with Crippen molar-refractivity contribution in [2.24, 2.45) is 11.3 Å². The SMILES string of the molecule is CCCC(CBr)CN1CCC2(CCCC2)CC1. The third-order valence-electron chi connectivity index (χ3n) is 5.01. The minimum atomic E-state index is 0.783. The Morgan fingerprint density at radius 1 is 1.12 bits per heavy atom. The Morgan fingerprint density at radius 2 is 1.76 bits per heavy atom. The largest absolute Gasteiger partial charge is 0.303 e. The van der Waals surface area contributed by atoms with Crippen LogP contribution in [-0.4, -0.2) is 29.9 Å². The number of rotatable bonds is 5. The van der Waals surface area contributed by atoms with Crippen LogP contribution in [0.5, 0.6) is 0 Å². The number of hydrogen-bond donors (Lipinski definition) is 0. The van der Waals surface area contributed by atoms with E-state index in [0.29, 0.717) is 0 Å². The average Bonchev–Trinajstić information content (AvgIpc) is 2.80. The normalized spacial score (nSPS) is 26.5. The van der Waals surface area contributed by atoms with Gasteiger partial charge in [-0.25, -0.2) is 0 Å². The molecule has 0 aromatic rings. The molecule has 17 heavy (non-hydrogen) atoms. The molecule has 1 saturated carbocycles. The van der Waals surface area contributed by atoms with E-state index in [4.69, 9.17) is 0 Å². The highest BCUT2D eigenvalue weighted by molar-refractivity contribution is 9.09. The van der Waals surface area contributed by atoms with Crippen LogP contribution in [0.25, 0.3) is 0 Å². The first-order chi connectivity index (χ1) is 8.28. The van der Waals surface area contributed by atoms with E-state index in [2.05, 4.69) is 27.8 Å². The molecule has 0 aromatic carbocycles. The Hall–Kier alpha value is 0.440. The zero-order chi connectivity index (χ0) is 12.1. The Kier molecular flexibility index (Phi) is 5.35. The van der Waals surface area contributed by atoms with Gasteiger partial charge in [-0.1, -0.05) is 42.1 Å². The Bertz CT molecular complexity index is 213. The number of hydrogen-bond acceptors (Lipinski definition) is 1. The predicted octanol–water partition coefficient (Wildman–Crippen LogP) is 4.45. The van der Waals surface area contributed by atoms with E-state index < -0.39 is 0 Å². The molecular weight excluding hydrogens is 274 g/mol. The minimum absolute atomic E-state index is 0.783. The van der Waals surface area contributed by atoms with Crippen LogP contribution in [0.15, 0.2) is 0 Å². The lowest BCUT2D eigenvalue weighted by atomic mass is 9.77. The lowest BCUT2D eigenvalue weighted by molar-refractivity contribution is 0.0973. The van der Waals surface area contributed by atoms with Gasteiger partial charge in [0, 0.05) is 11.9 Å². The molecule has 1 heterocycles. The Morgan fingerprint density at radius 3 is 2.29 bits per heavy atom. The monoisotopic (exact) mass is 301 g/mol. The van der Waals surface area contributed by atoms with Crippen LogP contribution in [0.4, 0.5) is 0 Å². The number of halogens is 1. The lowest BCUT2D eigenvalue weighted by Gasteiger charge is -2.40. The van der Waals surface area contributed by atoms with Gasteiger partial charge in [0.05, 0.1) is 0 Å². The molecule has 1 aliphatic heterocycles. The molecule has 1 saturated heterocycles. The fraction of sp³-hybridized carbons (Fsp3) is 1.00. The molecule has 1 atom stereocenters. The predicted molar refractivity (Wildman–Crippen MR) is 78.8 cm³/mol. The zero-order valence-corrected chi connectivity index (χ0v) is 13.0. The average molecular weight is 302 g/mol. The van der Waals surface area contributed by atoms with Gasteiger partial charge in [0.2, 0.25) is 0 Å². The van der Waals surface area contributed by atoms with Crippen molar-refractivity contribution in [3.63, 3.8) is 0 Å². The van der Waals surface area contributed by atoms with E-state index in [0.717, 1.165) is 11.3 Å². The van der Waals surface area contributed by atoms with Crippen molar-refractivity contribution in [1.29, 1.82) is 0 Å². The van der Waals surface area contributed by atoms with Crippen LogP contribution in [0.2, 0.25) is 0 Å². The zero-order valence-electron chi connectivity index (χ0n) is 11.4. The summed E-state index contributed by atoms with van der Waals surface area (Å²) in [6.07, 6.45) is 11.7. The van der Waals surface area contributed by atoms with Crippen molar-refractivity contribution in [2.45, 2.75) is 58.3 Å². The van der Waals surface area contributed by atoms with Crippen molar-refractivity contribution in [3.05, 3.63) is 0 Å². The van der Waals surface area contributed by atoms with Gasteiger partial charge < -0.3 is 4.90 Å². The second kappa shape index (κ2) is 6.56. The molecule has 0 N–H and O–H groups in total. The van der Waals surface area contributed by atoms with Crippen LogP contribution in [0.1, 0.15) is 58.3 Å². The van der Waals surface area contributed by atoms with Gasteiger partial charge in [-0.05, 0) is 56.5 Å². The summed E-state index contributed by atoms with van der Waals surface area (Å²) in [4.78, 5) is 2.73. The summed E-state index contributed by atoms with van der Waals surface area (Å²) in [6.45, 7) is 6.37. The van der Waals surface area contributed by atoms with Crippen LogP contribution in [0.3, 0.4) is 0 Å². The van der Waals surface area contributed by atoms with Crippen LogP contribution >= 0.6 is 15.9 Å². The fourth-order valence-corrected chi connectivity index (χ4v) is 4.35. The lowest BCUT2D eigenvalue weighted by Crippen LogP contribution is -2.41. The first kappa shape index (κ1) is 13.9. The molecule has 100 valence electrons. The van der Waals surface area contributed by atoms with Crippen molar-refractivity contribution in [1.82, 2.24) is 4.90 Å². The molecular formula is C15H28BrN. The van der Waals surface area contributed by atoms with E-state index in [1.807, 2.05) is 0 Å². The van der Waals surface area contributed by atoms with Gasteiger partial charge in [-0.3, -0.25) is 0 Å². The molecule has 2 aliphatic rings. The molecule has 0 radical (unpaired) electrons. The number of likely N-dealkylation sites (tertiary alicyclic amines) is 1. The molecule has 1 nitrogen and oxygen atoms in total. The van der Waals surface area contributed by atoms with Gasteiger partial charge in [-0.15, -0.1) is 0 Å². The van der Waals surface area contributed by atoms with Gasteiger partial charge in [0.1, 0.15) is 0 Å². The van der Waals surface area contributed by atoms with Crippen molar-refractivity contribution < 1.29 is 0 Å². The number of alkyl halides is 1. The molecule has 1 aliphatic carbocycles. The van der Waals surface area contributed by atoms with E-state index in [9.17, 15) is 0 Å². The molecule has 0 aromatic heterocycles. The summed E-state index contributed by atoms with van der Waals surface area (Å²) >= 11 is 3.68. The maximum absolute atomic E-state index is 3.68. The van der Waals surface area contributed by atoms with Gasteiger partial charge in [0.15, 0.2) is 0 Å². The molecule has 2 heteroatoms. The van der Waals surface area contributed by atoms with Crippen molar-refractivity contribution >= 4 is 15.9 Å². The smallest absolute Gasteiger partial charge is 0.00718 e. The van der Waals surface area contributed by atoms with Crippen LogP contribution < -0.4 is 0 Å². The Labute approximate surface area is 115 Å². The second-order valence-corrected chi connectivity index (χ2v) is 6.96. The fourth-order valence-electron chi connectivity index (χ4n) is 3.83. The summed E-state index contributed by atoms with van der Waals surface area (Å²) in [7, 11) is 0. The minimum Gasteiger partial charge on any atom is -0.303 e. The summed E-state index contributed by atoms with van der Waals surface area (Å²) in [5, 5.41) is 1.18. The van der Waals surface area contributed by atoms with Gasteiger partial charge >= 0.3 is 0 Å². The maximum atomic E-state index is 3.68. The number of piperidine rings is 1. The summed E-state index contributed by atoms with van der Waals surface area (Å²) in [5.41, 5.74) is 0.783. The first-order valence-corrected chi connectivity index (χ1v) is 8.68. The van der Waals surface area contributed by atoms with Crippen LogP contribution in [0, 0.1) is 11.3 Å². The topological polar surface area (TPSA) is 3.24 Å². The van der Waals surface area contributed by atoms with E-state index in [1.165, 1.54) is 76.3 Å². The van der Waals surface area contributed by atoms with Crippen LogP contribution in [-0.2, 0) is 0 Å². The summed E-state index contributed by atoms with van der Waals surface area (Å²) in [6, 6.07) is 0. The third kappa shape index (κ3) is 3.70. The number of nitrogens with zero attached hydrogens (tertiary/aromatic N) is 1. The quantitative estimate of drug-likeness (QED) is 0.678. The molecule has 1 spiro atoms. The molecule has 0 bridgehead atoms. The van der Waals surface area contributed by atoms with Crippen molar-refractivity contribution in [2.75, 3.05) is 25.0 Å². The summed E-state index contributed by atoms with van der Waals surface area (Å²) < 4.78 is 0.